The van der Waals surface area contributed by atoms with E-state index in [4.69, 9.17) is 0 Å². The van der Waals surface area contributed by atoms with Gasteiger partial charge in [0.25, 0.3) is 0 Å². The van der Waals surface area contributed by atoms with Gasteiger partial charge in [0.2, 0.25) is 0 Å². The Bertz CT molecular complexity index is 724. The van der Waals surface area contributed by atoms with Crippen molar-refractivity contribution < 1.29 is 5.11 Å². The molecular weight excluding hydrogens is 268 g/mol. The smallest absolute Gasteiger partial charge is 0.0801 e. The highest BCUT2D eigenvalue weighted by atomic mass is 16.3. The van der Waals surface area contributed by atoms with Crippen LogP contribution in [0.1, 0.15) is 54.0 Å². The Kier molecular flexibility index (Phi) is 3.38. The molecule has 2 aliphatic carbocycles. The lowest BCUT2D eigenvalue weighted by Crippen LogP contribution is -2.03. The molecule has 0 heterocycles. The van der Waals surface area contributed by atoms with Crippen LogP contribution >= 0.6 is 0 Å². The first-order chi connectivity index (χ1) is 10.7. The Labute approximate surface area is 132 Å². The number of aliphatic hydroxyl groups excluding tert-OH is 1. The van der Waals surface area contributed by atoms with Gasteiger partial charge in [-0.2, -0.15) is 0 Å². The zero-order valence-corrected chi connectivity index (χ0v) is 13.0. The van der Waals surface area contributed by atoms with Crippen LogP contribution in [-0.2, 0) is 0 Å². The van der Waals surface area contributed by atoms with E-state index in [1.54, 1.807) is 5.57 Å². The molecule has 22 heavy (non-hydrogen) atoms. The van der Waals surface area contributed by atoms with Gasteiger partial charge >= 0.3 is 0 Å². The van der Waals surface area contributed by atoms with Crippen LogP contribution in [0.5, 0.6) is 0 Å². The fourth-order valence-corrected chi connectivity index (χ4v) is 4.15. The summed E-state index contributed by atoms with van der Waals surface area (Å²) in [6, 6.07) is 17.3. The monoisotopic (exact) mass is 290 g/mol. The first-order valence-electron chi connectivity index (χ1n) is 8.31. The first-order valence-corrected chi connectivity index (χ1v) is 8.31. The molecule has 112 valence electrons. The quantitative estimate of drug-likeness (QED) is 0.780. The van der Waals surface area contributed by atoms with Crippen molar-refractivity contribution in [1.82, 2.24) is 0 Å². The van der Waals surface area contributed by atoms with Gasteiger partial charge in [0.15, 0.2) is 0 Å². The standard InChI is InChI=1S/C21H22O/c1-14-9-11-15(12-10-14)21-17-8-4-5-16(17)13-20(22)18-6-2-3-7-19(18)21/h2-3,6-7,9-12,16,20,22H,4-5,8,13H2,1H3/t16-,20-/m0/s1. The van der Waals surface area contributed by atoms with E-state index < -0.39 is 0 Å². The van der Waals surface area contributed by atoms with Crippen LogP contribution in [-0.4, -0.2) is 5.11 Å². The number of hydrogen-bond donors (Lipinski definition) is 1. The molecule has 1 heteroatoms. The largest absolute Gasteiger partial charge is 0.388 e. The summed E-state index contributed by atoms with van der Waals surface area (Å²) in [7, 11) is 0. The van der Waals surface area contributed by atoms with Crippen LogP contribution in [0, 0.1) is 12.8 Å². The molecule has 0 saturated heterocycles. The van der Waals surface area contributed by atoms with Crippen molar-refractivity contribution >= 4 is 5.57 Å². The van der Waals surface area contributed by atoms with E-state index in [-0.39, 0.29) is 6.10 Å². The average Bonchev–Trinajstić information content (AvgIpc) is 2.93. The summed E-state index contributed by atoms with van der Waals surface area (Å²) in [5, 5.41) is 10.7. The minimum absolute atomic E-state index is 0.336. The number of fused-ring (bicyclic) bond motifs is 2. The Balaban J connectivity index is 1.97. The number of rotatable bonds is 1. The third-order valence-electron chi connectivity index (χ3n) is 5.25. The fraction of sp³-hybridized carbons (Fsp3) is 0.333. The van der Waals surface area contributed by atoms with Crippen molar-refractivity contribution in [2.75, 3.05) is 0 Å². The maximum absolute atomic E-state index is 10.7. The number of benzene rings is 2. The van der Waals surface area contributed by atoms with Gasteiger partial charge in [-0.15, -0.1) is 0 Å². The first kappa shape index (κ1) is 13.8. The molecule has 1 N–H and O–H groups in total. The van der Waals surface area contributed by atoms with E-state index in [9.17, 15) is 5.11 Å². The van der Waals surface area contributed by atoms with Crippen LogP contribution in [0.15, 0.2) is 54.1 Å². The molecule has 0 radical (unpaired) electrons. The van der Waals surface area contributed by atoms with Gasteiger partial charge in [0.1, 0.15) is 0 Å². The maximum atomic E-state index is 10.7. The minimum atomic E-state index is -0.336. The highest BCUT2D eigenvalue weighted by Crippen LogP contribution is 2.47. The molecule has 2 atom stereocenters. The van der Waals surface area contributed by atoms with Crippen molar-refractivity contribution in [1.29, 1.82) is 0 Å². The molecule has 2 aliphatic rings. The van der Waals surface area contributed by atoms with E-state index in [0.29, 0.717) is 5.92 Å². The Hall–Kier alpha value is -1.86. The van der Waals surface area contributed by atoms with E-state index in [2.05, 4.69) is 49.4 Å². The number of aryl methyl sites for hydroxylation is 1. The van der Waals surface area contributed by atoms with E-state index in [1.165, 1.54) is 41.5 Å². The molecule has 1 fully saturated rings. The summed E-state index contributed by atoms with van der Waals surface area (Å²) in [5.41, 5.74) is 7.87. The van der Waals surface area contributed by atoms with Crippen LogP contribution in [0.4, 0.5) is 0 Å². The van der Waals surface area contributed by atoms with Crippen LogP contribution in [0.3, 0.4) is 0 Å². The van der Waals surface area contributed by atoms with Crippen molar-refractivity contribution in [3.05, 3.63) is 76.4 Å². The SMILES string of the molecule is Cc1ccc(C2=C3CCC[C@H]3C[C@H](O)c3ccccc32)cc1. The molecule has 2 aromatic carbocycles. The van der Waals surface area contributed by atoms with Gasteiger partial charge in [-0.3, -0.25) is 0 Å². The second-order valence-electron chi connectivity index (χ2n) is 6.69. The maximum Gasteiger partial charge on any atom is 0.0801 e. The van der Waals surface area contributed by atoms with Crippen molar-refractivity contribution in [3.8, 4) is 0 Å². The Morgan fingerprint density at radius 2 is 1.77 bits per heavy atom. The molecule has 0 spiro atoms. The highest BCUT2D eigenvalue weighted by Gasteiger charge is 2.32. The van der Waals surface area contributed by atoms with Crippen molar-refractivity contribution in [3.63, 3.8) is 0 Å². The molecule has 0 aromatic heterocycles. The van der Waals surface area contributed by atoms with Gasteiger partial charge in [-0.1, -0.05) is 59.7 Å². The molecule has 1 saturated carbocycles. The molecule has 0 unspecified atom stereocenters. The third-order valence-corrected chi connectivity index (χ3v) is 5.25. The lowest BCUT2D eigenvalue weighted by Gasteiger charge is -2.16. The molecule has 2 aromatic rings. The second-order valence-corrected chi connectivity index (χ2v) is 6.69. The fourth-order valence-electron chi connectivity index (χ4n) is 4.15. The van der Waals surface area contributed by atoms with Gasteiger partial charge in [-0.05, 0) is 60.8 Å². The number of allylic oxidation sites excluding steroid dienone is 1. The molecule has 0 bridgehead atoms. The summed E-state index contributed by atoms with van der Waals surface area (Å²) < 4.78 is 0. The summed E-state index contributed by atoms with van der Waals surface area (Å²) in [6.45, 7) is 2.13. The van der Waals surface area contributed by atoms with E-state index in [0.717, 1.165) is 12.0 Å². The minimum Gasteiger partial charge on any atom is -0.388 e. The van der Waals surface area contributed by atoms with Gasteiger partial charge in [0.05, 0.1) is 6.10 Å². The van der Waals surface area contributed by atoms with E-state index in [1.807, 2.05) is 6.07 Å². The summed E-state index contributed by atoms with van der Waals surface area (Å²) in [5.74, 6) is 0.540. The summed E-state index contributed by atoms with van der Waals surface area (Å²) in [4.78, 5) is 0. The molecule has 0 aliphatic heterocycles. The third kappa shape index (κ3) is 2.21. The predicted octanol–water partition coefficient (Wildman–Crippen LogP) is 5.03. The summed E-state index contributed by atoms with van der Waals surface area (Å²) in [6.07, 6.45) is 4.19. The lowest BCUT2D eigenvalue weighted by molar-refractivity contribution is 0.152. The van der Waals surface area contributed by atoms with Gasteiger partial charge in [-0.25, -0.2) is 0 Å². The topological polar surface area (TPSA) is 20.2 Å². The second kappa shape index (κ2) is 5.40. The van der Waals surface area contributed by atoms with Crippen LogP contribution < -0.4 is 0 Å². The highest BCUT2D eigenvalue weighted by molar-refractivity contribution is 5.85. The number of aliphatic hydroxyl groups is 1. The van der Waals surface area contributed by atoms with Crippen LogP contribution in [0.25, 0.3) is 5.57 Å². The predicted molar refractivity (Wildman–Crippen MR) is 90.6 cm³/mol. The zero-order valence-electron chi connectivity index (χ0n) is 13.0. The Morgan fingerprint density at radius 1 is 1.00 bits per heavy atom. The average molecular weight is 290 g/mol. The van der Waals surface area contributed by atoms with Crippen molar-refractivity contribution in [2.24, 2.45) is 5.92 Å². The van der Waals surface area contributed by atoms with Gasteiger partial charge < -0.3 is 5.11 Å². The molecule has 0 amide bonds. The zero-order chi connectivity index (χ0) is 15.1. The Morgan fingerprint density at radius 3 is 2.59 bits per heavy atom. The van der Waals surface area contributed by atoms with Gasteiger partial charge in [0, 0.05) is 0 Å². The summed E-state index contributed by atoms with van der Waals surface area (Å²) >= 11 is 0. The number of hydrogen-bond acceptors (Lipinski definition) is 1. The lowest BCUT2D eigenvalue weighted by atomic mass is 9.88. The normalized spacial score (nSPS) is 23.9. The van der Waals surface area contributed by atoms with Crippen molar-refractivity contribution in [2.45, 2.75) is 38.7 Å². The molecule has 4 rings (SSSR count). The van der Waals surface area contributed by atoms with E-state index >= 15 is 0 Å². The molecule has 1 nitrogen and oxygen atoms in total. The van der Waals surface area contributed by atoms with Crippen LogP contribution in [0.2, 0.25) is 0 Å². The molecular formula is C21H22O.